The van der Waals surface area contributed by atoms with Crippen molar-refractivity contribution in [3.8, 4) is 11.8 Å². The fourth-order valence-electron chi connectivity index (χ4n) is 4.69. The molecule has 6 heterocycles. The molecule has 18 nitrogen and oxygen atoms in total. The quantitative estimate of drug-likeness (QED) is 0.200. The van der Waals surface area contributed by atoms with E-state index in [1.54, 1.807) is 46.5 Å². The summed E-state index contributed by atoms with van der Waals surface area (Å²) in [6.07, 6.45) is 11.1. The molecule has 1 fully saturated rings. The summed E-state index contributed by atoms with van der Waals surface area (Å²) in [5, 5.41) is 8.34. The summed E-state index contributed by atoms with van der Waals surface area (Å²) >= 11 is 0. The lowest BCUT2D eigenvalue weighted by Crippen LogP contribution is -2.15. The maximum absolute atomic E-state index is 12.1. The normalized spacial score (nSPS) is 21.0. The van der Waals surface area contributed by atoms with Gasteiger partial charge in [-0.1, -0.05) is 0 Å². The number of nitrogens with zero attached hydrogens (tertiary/aromatic N) is 8. The van der Waals surface area contributed by atoms with E-state index in [2.05, 4.69) is 34.4 Å². The lowest BCUT2D eigenvalue weighted by molar-refractivity contribution is -0.139. The molecule has 2 aliphatic rings. The molecule has 0 aliphatic carbocycles. The summed E-state index contributed by atoms with van der Waals surface area (Å²) in [6, 6.07) is 0. The van der Waals surface area contributed by atoms with E-state index in [9.17, 15) is 9.13 Å². The van der Waals surface area contributed by atoms with Crippen LogP contribution in [0.4, 0.5) is 0 Å². The number of methoxy groups -OCH3 is 2. The molecule has 4 aromatic heterocycles. The summed E-state index contributed by atoms with van der Waals surface area (Å²) in [7, 11) is -2.25. The number of hydrogen-bond donors (Lipinski definition) is 1. The second-order valence-electron chi connectivity index (χ2n) is 10.5. The van der Waals surface area contributed by atoms with E-state index in [0.717, 1.165) is 18.5 Å². The van der Waals surface area contributed by atoms with Gasteiger partial charge in [0.1, 0.15) is 37.9 Å². The molecule has 2 aliphatic heterocycles. The number of rotatable bonds is 12. The van der Waals surface area contributed by atoms with Gasteiger partial charge in [0.25, 0.3) is 0 Å². The lowest BCUT2D eigenvalue weighted by Gasteiger charge is -2.18. The first kappa shape index (κ1) is 37.3. The van der Waals surface area contributed by atoms with Gasteiger partial charge < -0.3 is 37.8 Å². The van der Waals surface area contributed by atoms with Crippen molar-refractivity contribution < 1.29 is 47.0 Å². The van der Waals surface area contributed by atoms with E-state index in [1.807, 2.05) is 15.2 Å². The van der Waals surface area contributed by atoms with Crippen molar-refractivity contribution in [3.63, 3.8) is 0 Å². The fraction of sp³-hybridized carbons (Fsp3) is 0.571. The molecular formula is C28H42N8O10P2. The highest BCUT2D eigenvalue weighted by molar-refractivity contribution is 7.58. The Kier molecular flexibility index (Phi) is 13.4. The minimum atomic E-state index is -2.73. The van der Waals surface area contributed by atoms with Gasteiger partial charge in [-0.05, 0) is 26.3 Å². The monoisotopic (exact) mass is 712 g/mol. The predicted molar refractivity (Wildman–Crippen MR) is 174 cm³/mol. The van der Waals surface area contributed by atoms with Crippen molar-refractivity contribution >= 4 is 37.1 Å². The first-order valence-electron chi connectivity index (χ1n) is 15.1. The van der Waals surface area contributed by atoms with Gasteiger partial charge in [-0.25, -0.2) is 19.9 Å². The Bertz CT molecular complexity index is 1740. The van der Waals surface area contributed by atoms with Crippen LogP contribution >= 0.6 is 14.7 Å². The number of aromatic nitrogens is 8. The van der Waals surface area contributed by atoms with Gasteiger partial charge in [0.05, 0.1) is 40.0 Å². The van der Waals surface area contributed by atoms with Crippen LogP contribution in [0.1, 0.15) is 45.6 Å². The highest BCUT2D eigenvalue weighted by Crippen LogP contribution is 2.44. The molecule has 0 saturated carbocycles. The van der Waals surface area contributed by atoms with Crippen molar-refractivity contribution in [2.24, 2.45) is 0 Å². The second-order valence-corrected chi connectivity index (χ2v) is 15.6. The summed E-state index contributed by atoms with van der Waals surface area (Å²) in [6.45, 7) is 7.32. The largest absolute Gasteiger partial charge is 0.479 e. The number of aliphatic hydroxyl groups is 1. The third-order valence-electron chi connectivity index (χ3n) is 6.84. The summed E-state index contributed by atoms with van der Waals surface area (Å²) in [5.74, 6) is 0.905. The van der Waals surface area contributed by atoms with Crippen molar-refractivity contribution in [3.05, 3.63) is 37.6 Å². The average molecular weight is 713 g/mol. The average Bonchev–Trinajstić information content (AvgIpc) is 3.90. The number of aliphatic hydroxyl groups excluding tert-OH is 1. The molecule has 20 heteroatoms. The first-order chi connectivity index (χ1) is 23.1. The van der Waals surface area contributed by atoms with Crippen LogP contribution in [-0.4, -0.2) is 104 Å². The van der Waals surface area contributed by atoms with Crippen molar-refractivity contribution in [1.82, 2.24) is 39.0 Å². The molecule has 0 radical (unpaired) electrons. The Hall–Kier alpha value is -3.50. The van der Waals surface area contributed by atoms with Crippen LogP contribution in [0.15, 0.2) is 37.6 Å². The van der Waals surface area contributed by atoms with E-state index in [4.69, 9.17) is 33.3 Å². The van der Waals surface area contributed by atoms with Crippen LogP contribution in [0.2, 0.25) is 0 Å². The van der Waals surface area contributed by atoms with Crippen LogP contribution in [0.25, 0.3) is 22.3 Å². The third kappa shape index (κ3) is 9.56. The Morgan fingerprint density at radius 1 is 0.833 bits per heavy atom. The minimum absolute atomic E-state index is 0.0406. The number of ether oxygens (including phenoxy) is 5. The van der Waals surface area contributed by atoms with E-state index >= 15 is 0 Å². The SMILES string of the molecule is CCOP(C)(=O)CO.CCOP(C)(=O)COC1CCC(n2cnc3c(OC)ncnc32)O1.COc1ncnc2c1ncn2C1CC=CO1. The molecule has 1 N–H and O–H groups in total. The zero-order chi connectivity index (χ0) is 34.7. The molecule has 5 atom stereocenters. The molecule has 0 bridgehead atoms. The van der Waals surface area contributed by atoms with E-state index in [-0.39, 0.29) is 25.2 Å². The van der Waals surface area contributed by atoms with Crippen LogP contribution in [0, 0.1) is 0 Å². The highest BCUT2D eigenvalue weighted by atomic mass is 31.2. The van der Waals surface area contributed by atoms with Gasteiger partial charge in [0.15, 0.2) is 34.8 Å². The highest BCUT2D eigenvalue weighted by Gasteiger charge is 2.31. The predicted octanol–water partition coefficient (Wildman–Crippen LogP) is 4.54. The first-order valence-corrected chi connectivity index (χ1v) is 19.6. The third-order valence-corrected chi connectivity index (χ3v) is 9.58. The van der Waals surface area contributed by atoms with Crippen molar-refractivity contribution in [1.29, 1.82) is 0 Å². The molecule has 4 aromatic rings. The minimum Gasteiger partial charge on any atom is -0.479 e. The van der Waals surface area contributed by atoms with E-state index < -0.39 is 21.0 Å². The molecule has 6 rings (SSSR count). The Labute approximate surface area is 277 Å². The Balaban J connectivity index is 0.000000186. The molecule has 264 valence electrons. The topological polar surface area (TPSA) is 206 Å². The number of imidazole rings is 2. The number of hydrogen-bond acceptors (Lipinski definition) is 16. The fourth-order valence-corrected chi connectivity index (χ4v) is 6.38. The van der Waals surface area contributed by atoms with Gasteiger partial charge in [-0.15, -0.1) is 0 Å². The molecule has 48 heavy (non-hydrogen) atoms. The lowest BCUT2D eigenvalue weighted by atomic mass is 10.3. The van der Waals surface area contributed by atoms with E-state index in [1.165, 1.54) is 26.4 Å². The van der Waals surface area contributed by atoms with E-state index in [0.29, 0.717) is 48.1 Å². The summed E-state index contributed by atoms with van der Waals surface area (Å²) in [5.41, 5.74) is 2.60. The molecular weight excluding hydrogens is 670 g/mol. The summed E-state index contributed by atoms with van der Waals surface area (Å²) < 4.78 is 63.6. The van der Waals surface area contributed by atoms with Crippen LogP contribution in [0.3, 0.4) is 0 Å². The molecule has 0 spiro atoms. The Morgan fingerprint density at radius 2 is 1.40 bits per heavy atom. The molecule has 0 aromatic carbocycles. The molecule has 0 amide bonds. The van der Waals surface area contributed by atoms with Crippen LogP contribution < -0.4 is 9.47 Å². The maximum atomic E-state index is 12.1. The summed E-state index contributed by atoms with van der Waals surface area (Å²) in [4.78, 5) is 25.0. The van der Waals surface area contributed by atoms with Crippen LogP contribution in [-0.2, 0) is 32.4 Å². The molecule has 5 unspecified atom stereocenters. The van der Waals surface area contributed by atoms with Gasteiger partial charge >= 0.3 is 0 Å². The van der Waals surface area contributed by atoms with Crippen molar-refractivity contribution in [2.75, 3.05) is 53.5 Å². The van der Waals surface area contributed by atoms with Gasteiger partial charge in [0.2, 0.25) is 26.5 Å². The van der Waals surface area contributed by atoms with Gasteiger partial charge in [-0.3, -0.25) is 18.3 Å². The zero-order valence-electron chi connectivity index (χ0n) is 27.7. The van der Waals surface area contributed by atoms with Crippen molar-refractivity contribution in [2.45, 2.75) is 51.9 Å². The van der Waals surface area contributed by atoms with Gasteiger partial charge in [0, 0.05) is 26.2 Å². The number of fused-ring (bicyclic) bond motifs is 2. The smallest absolute Gasteiger partial charge is 0.245 e. The zero-order valence-corrected chi connectivity index (χ0v) is 29.5. The maximum Gasteiger partial charge on any atom is 0.245 e. The standard InChI is InChI=1S/C14H21N4O5P.C10H10N4O2.C4H11O3P/c1-4-22-24(3,19)9-21-11-6-5-10(23-11)18-8-17-12-13(18)15-7-16-14(12)20-2;1-15-10-8-9(11-5-12-10)14(6-13-8)7-3-2-4-16-7;1-3-7-8(2,6)4-5/h7-8,10-11H,4-6,9H2,1-3H3;2,4-7H,3H2,1H3;5H,3-4H2,1-2H3. The van der Waals surface area contributed by atoms with Crippen LogP contribution in [0.5, 0.6) is 11.8 Å². The Morgan fingerprint density at radius 3 is 1.88 bits per heavy atom. The second kappa shape index (κ2) is 17.2. The van der Waals surface area contributed by atoms with Gasteiger partial charge in [-0.2, -0.15) is 9.97 Å². The molecule has 1 saturated heterocycles.